The summed E-state index contributed by atoms with van der Waals surface area (Å²) in [6.07, 6.45) is 4.17. The van der Waals surface area contributed by atoms with Crippen LogP contribution in [0.4, 0.5) is 0 Å². The van der Waals surface area contributed by atoms with Gasteiger partial charge in [-0.1, -0.05) is 5.21 Å². The summed E-state index contributed by atoms with van der Waals surface area (Å²) >= 11 is 0. The third-order valence-corrected chi connectivity index (χ3v) is 2.12. The van der Waals surface area contributed by atoms with Gasteiger partial charge in [0, 0.05) is 19.3 Å². The largest absolute Gasteiger partial charge is 0.349 e. The molecule has 2 N–H and O–H groups in total. The van der Waals surface area contributed by atoms with Crippen molar-refractivity contribution in [2.45, 2.75) is 19.9 Å². The first-order valence-electron chi connectivity index (χ1n) is 5.27. The van der Waals surface area contributed by atoms with Crippen LogP contribution in [-0.2, 0) is 6.54 Å². The SMILES string of the molecule is Cc1nc(C(=O)NCCCn2ccnn2)n[nH]1. The average molecular weight is 235 g/mol. The number of amides is 1. The maximum absolute atomic E-state index is 11.5. The van der Waals surface area contributed by atoms with Crippen LogP contribution in [0.5, 0.6) is 0 Å². The van der Waals surface area contributed by atoms with E-state index < -0.39 is 0 Å². The van der Waals surface area contributed by atoms with E-state index in [0.717, 1.165) is 6.42 Å². The lowest BCUT2D eigenvalue weighted by Crippen LogP contribution is -2.26. The number of H-pyrrole nitrogens is 1. The van der Waals surface area contributed by atoms with Crippen molar-refractivity contribution in [1.29, 1.82) is 0 Å². The Morgan fingerprint density at radius 2 is 2.47 bits per heavy atom. The Balaban J connectivity index is 1.70. The number of aromatic nitrogens is 6. The highest BCUT2D eigenvalue weighted by atomic mass is 16.2. The summed E-state index contributed by atoms with van der Waals surface area (Å²) in [5.74, 6) is 0.522. The first-order chi connectivity index (χ1) is 8.25. The number of nitrogens with one attached hydrogen (secondary N) is 2. The van der Waals surface area contributed by atoms with Gasteiger partial charge in [0.2, 0.25) is 5.82 Å². The maximum Gasteiger partial charge on any atom is 0.290 e. The second kappa shape index (κ2) is 5.19. The van der Waals surface area contributed by atoms with Gasteiger partial charge < -0.3 is 5.32 Å². The highest BCUT2D eigenvalue weighted by Crippen LogP contribution is 1.91. The smallest absolute Gasteiger partial charge is 0.290 e. The molecular formula is C9H13N7O. The summed E-state index contributed by atoms with van der Waals surface area (Å²) in [7, 11) is 0. The third-order valence-electron chi connectivity index (χ3n) is 2.12. The molecule has 0 saturated heterocycles. The van der Waals surface area contributed by atoms with E-state index in [-0.39, 0.29) is 11.7 Å². The van der Waals surface area contributed by atoms with Gasteiger partial charge in [0.15, 0.2) is 0 Å². The lowest BCUT2D eigenvalue weighted by atomic mass is 10.4. The minimum atomic E-state index is -0.270. The van der Waals surface area contributed by atoms with Gasteiger partial charge in [-0.15, -0.1) is 10.2 Å². The Morgan fingerprint density at radius 1 is 1.59 bits per heavy atom. The number of carbonyl (C=O) groups is 1. The van der Waals surface area contributed by atoms with Crippen LogP contribution in [0.15, 0.2) is 12.4 Å². The molecule has 2 aromatic rings. The van der Waals surface area contributed by atoms with E-state index in [0.29, 0.717) is 18.9 Å². The van der Waals surface area contributed by atoms with Crippen molar-refractivity contribution < 1.29 is 4.79 Å². The monoisotopic (exact) mass is 235 g/mol. The lowest BCUT2D eigenvalue weighted by molar-refractivity contribution is 0.0942. The number of aryl methyl sites for hydroxylation is 2. The van der Waals surface area contributed by atoms with Gasteiger partial charge in [-0.3, -0.25) is 14.6 Å². The molecule has 2 aromatic heterocycles. The molecule has 8 heteroatoms. The molecule has 0 aliphatic carbocycles. The van der Waals surface area contributed by atoms with Crippen molar-refractivity contribution in [1.82, 2.24) is 35.5 Å². The molecule has 90 valence electrons. The van der Waals surface area contributed by atoms with Gasteiger partial charge in [-0.05, 0) is 13.3 Å². The van der Waals surface area contributed by atoms with Gasteiger partial charge in [-0.2, -0.15) is 0 Å². The molecule has 0 aliphatic heterocycles. The van der Waals surface area contributed by atoms with Crippen LogP contribution in [0, 0.1) is 6.92 Å². The molecule has 0 spiro atoms. The van der Waals surface area contributed by atoms with Crippen LogP contribution in [0.3, 0.4) is 0 Å². The molecule has 0 fully saturated rings. The number of carbonyl (C=O) groups excluding carboxylic acids is 1. The fourth-order valence-electron chi connectivity index (χ4n) is 1.32. The number of aromatic amines is 1. The van der Waals surface area contributed by atoms with E-state index in [1.54, 1.807) is 24.0 Å². The highest BCUT2D eigenvalue weighted by Gasteiger charge is 2.09. The summed E-state index contributed by atoms with van der Waals surface area (Å²) < 4.78 is 1.71. The first-order valence-corrected chi connectivity index (χ1v) is 5.27. The second-order valence-corrected chi connectivity index (χ2v) is 3.52. The van der Waals surface area contributed by atoms with Crippen molar-refractivity contribution in [3.8, 4) is 0 Å². The number of nitrogens with zero attached hydrogens (tertiary/aromatic N) is 5. The number of rotatable bonds is 5. The van der Waals surface area contributed by atoms with Crippen LogP contribution in [0.2, 0.25) is 0 Å². The zero-order chi connectivity index (χ0) is 12.1. The fourth-order valence-corrected chi connectivity index (χ4v) is 1.32. The molecule has 8 nitrogen and oxygen atoms in total. The Kier molecular flexibility index (Phi) is 3.43. The van der Waals surface area contributed by atoms with Gasteiger partial charge in [0.05, 0.1) is 6.20 Å². The Morgan fingerprint density at radius 3 is 3.12 bits per heavy atom. The topological polar surface area (TPSA) is 101 Å². The van der Waals surface area contributed by atoms with Crippen molar-refractivity contribution >= 4 is 5.91 Å². The minimum Gasteiger partial charge on any atom is -0.349 e. The van der Waals surface area contributed by atoms with Crippen molar-refractivity contribution in [3.05, 3.63) is 24.0 Å². The Labute approximate surface area is 97.4 Å². The van der Waals surface area contributed by atoms with E-state index in [2.05, 4.69) is 30.8 Å². The molecule has 0 aliphatic rings. The summed E-state index contributed by atoms with van der Waals surface area (Å²) in [5, 5.41) is 16.6. The summed E-state index contributed by atoms with van der Waals surface area (Å²) in [5.41, 5.74) is 0. The normalized spacial score (nSPS) is 10.4. The van der Waals surface area contributed by atoms with Crippen molar-refractivity contribution in [2.24, 2.45) is 0 Å². The van der Waals surface area contributed by atoms with Crippen LogP contribution in [-0.4, -0.2) is 42.6 Å². The molecule has 0 unspecified atom stereocenters. The van der Waals surface area contributed by atoms with E-state index in [1.165, 1.54) is 0 Å². The van der Waals surface area contributed by atoms with Crippen molar-refractivity contribution in [2.75, 3.05) is 6.54 Å². The van der Waals surface area contributed by atoms with Crippen LogP contribution < -0.4 is 5.32 Å². The van der Waals surface area contributed by atoms with Crippen LogP contribution in [0.1, 0.15) is 22.9 Å². The van der Waals surface area contributed by atoms with Gasteiger partial charge in [0.25, 0.3) is 5.91 Å². The molecule has 0 aromatic carbocycles. The van der Waals surface area contributed by atoms with E-state index >= 15 is 0 Å². The lowest BCUT2D eigenvalue weighted by Gasteiger charge is -2.02. The predicted molar refractivity (Wildman–Crippen MR) is 58.1 cm³/mol. The number of hydrogen-bond acceptors (Lipinski definition) is 5. The van der Waals surface area contributed by atoms with Gasteiger partial charge in [-0.25, -0.2) is 4.98 Å². The molecule has 0 saturated carbocycles. The molecule has 0 atom stereocenters. The van der Waals surface area contributed by atoms with Gasteiger partial charge >= 0.3 is 0 Å². The van der Waals surface area contributed by atoms with Crippen molar-refractivity contribution in [3.63, 3.8) is 0 Å². The van der Waals surface area contributed by atoms with Crippen LogP contribution in [0.25, 0.3) is 0 Å². The molecule has 2 heterocycles. The number of hydrogen-bond donors (Lipinski definition) is 2. The van der Waals surface area contributed by atoms with Crippen LogP contribution >= 0.6 is 0 Å². The molecule has 0 bridgehead atoms. The Hall–Kier alpha value is -2.25. The molecule has 2 rings (SSSR count). The molecule has 0 radical (unpaired) electrons. The fraction of sp³-hybridized carbons (Fsp3) is 0.444. The van der Waals surface area contributed by atoms with E-state index in [4.69, 9.17) is 0 Å². The predicted octanol–water partition coefficient (Wildman–Crippen LogP) is -0.475. The minimum absolute atomic E-state index is 0.170. The summed E-state index contributed by atoms with van der Waals surface area (Å²) in [6, 6.07) is 0. The zero-order valence-electron chi connectivity index (χ0n) is 9.42. The van der Waals surface area contributed by atoms with Gasteiger partial charge in [0.1, 0.15) is 5.82 Å². The Bertz CT molecular complexity index is 475. The van der Waals surface area contributed by atoms with E-state index in [1.807, 2.05) is 0 Å². The molecule has 1 amide bonds. The summed E-state index contributed by atoms with van der Waals surface area (Å²) in [4.78, 5) is 15.5. The van der Waals surface area contributed by atoms with E-state index in [9.17, 15) is 4.79 Å². The zero-order valence-corrected chi connectivity index (χ0v) is 9.42. The first kappa shape index (κ1) is 11.2. The standard InChI is InChI=1S/C9H13N7O/c1-7-12-8(14-13-7)9(17)10-3-2-5-16-6-4-11-15-16/h4,6H,2-3,5H2,1H3,(H,10,17)(H,12,13,14). The average Bonchev–Trinajstić information content (AvgIpc) is 2.95. The highest BCUT2D eigenvalue weighted by molar-refractivity contribution is 5.90. The molecule has 17 heavy (non-hydrogen) atoms. The quantitative estimate of drug-likeness (QED) is 0.682. The molecular weight excluding hydrogens is 222 g/mol. The maximum atomic E-state index is 11.5. The summed E-state index contributed by atoms with van der Waals surface area (Å²) in [6.45, 7) is 3.01. The third kappa shape index (κ3) is 3.10. The second-order valence-electron chi connectivity index (χ2n) is 3.52.